The summed E-state index contributed by atoms with van der Waals surface area (Å²) in [6.45, 7) is -0.136. The van der Waals surface area contributed by atoms with Crippen molar-refractivity contribution in [1.29, 1.82) is 0 Å². The van der Waals surface area contributed by atoms with E-state index in [1.807, 2.05) is 0 Å². The third kappa shape index (κ3) is 1.15. The molecule has 0 aliphatic carbocycles. The Labute approximate surface area is 55.1 Å². The van der Waals surface area contributed by atoms with Gasteiger partial charge < -0.3 is 5.11 Å². The van der Waals surface area contributed by atoms with Crippen molar-refractivity contribution < 1.29 is 5.11 Å². The number of hydrogen-bond donors (Lipinski definition) is 1. The molecule has 1 N–H and O–H groups in total. The molecule has 0 atom stereocenters. The SMILES string of the molecule is OCc1nsc(Cl)n1. The van der Waals surface area contributed by atoms with Gasteiger partial charge in [0.2, 0.25) is 4.47 Å². The van der Waals surface area contributed by atoms with Gasteiger partial charge in [0.25, 0.3) is 0 Å². The topological polar surface area (TPSA) is 46.0 Å². The molecule has 0 spiro atoms. The molecule has 5 heteroatoms. The van der Waals surface area contributed by atoms with Crippen LogP contribution < -0.4 is 0 Å². The second-order valence-corrected chi connectivity index (χ2v) is 2.46. The van der Waals surface area contributed by atoms with Crippen LogP contribution >= 0.6 is 23.1 Å². The van der Waals surface area contributed by atoms with E-state index in [1.165, 1.54) is 0 Å². The third-order valence-electron chi connectivity index (χ3n) is 0.585. The number of aliphatic hydroxyl groups is 1. The van der Waals surface area contributed by atoms with Gasteiger partial charge in [-0.25, -0.2) is 4.98 Å². The Balaban J connectivity index is 2.84. The summed E-state index contributed by atoms with van der Waals surface area (Å²) in [4.78, 5) is 3.65. The highest BCUT2D eigenvalue weighted by Crippen LogP contribution is 2.09. The van der Waals surface area contributed by atoms with Crippen molar-refractivity contribution in [3.63, 3.8) is 0 Å². The van der Waals surface area contributed by atoms with Gasteiger partial charge in [-0.05, 0) is 23.1 Å². The average molecular weight is 151 g/mol. The summed E-state index contributed by atoms with van der Waals surface area (Å²) in [6, 6.07) is 0. The molecule has 1 aromatic rings. The molecule has 0 saturated heterocycles. The zero-order chi connectivity index (χ0) is 5.98. The van der Waals surface area contributed by atoms with E-state index in [-0.39, 0.29) is 6.61 Å². The molecule has 0 aliphatic rings. The lowest BCUT2D eigenvalue weighted by Crippen LogP contribution is -1.82. The first-order valence-corrected chi connectivity index (χ1v) is 3.07. The lowest BCUT2D eigenvalue weighted by Gasteiger charge is -1.76. The molecule has 0 aliphatic heterocycles. The predicted octanol–water partition coefficient (Wildman–Crippen LogP) is 0.684. The van der Waals surface area contributed by atoms with Gasteiger partial charge in [-0.1, -0.05) is 0 Å². The van der Waals surface area contributed by atoms with Crippen molar-refractivity contribution in [2.24, 2.45) is 0 Å². The summed E-state index contributed by atoms with van der Waals surface area (Å²) in [5.74, 6) is 0.389. The van der Waals surface area contributed by atoms with Crippen LogP contribution in [0.4, 0.5) is 0 Å². The fourth-order valence-electron chi connectivity index (χ4n) is 0.297. The Morgan fingerprint density at radius 1 is 1.75 bits per heavy atom. The van der Waals surface area contributed by atoms with Crippen LogP contribution in [-0.2, 0) is 6.61 Å². The minimum Gasteiger partial charge on any atom is -0.388 e. The Hall–Kier alpha value is -0.190. The number of nitrogens with zero attached hydrogens (tertiary/aromatic N) is 2. The van der Waals surface area contributed by atoms with Gasteiger partial charge >= 0.3 is 0 Å². The van der Waals surface area contributed by atoms with Crippen LogP contribution in [0.15, 0.2) is 0 Å². The van der Waals surface area contributed by atoms with Crippen LogP contribution in [0.5, 0.6) is 0 Å². The monoisotopic (exact) mass is 150 g/mol. The normalized spacial score (nSPS) is 9.75. The van der Waals surface area contributed by atoms with Gasteiger partial charge in [0.05, 0.1) is 0 Å². The largest absolute Gasteiger partial charge is 0.388 e. The van der Waals surface area contributed by atoms with Crippen LogP contribution in [0, 0.1) is 0 Å². The Kier molecular flexibility index (Phi) is 1.77. The van der Waals surface area contributed by atoms with E-state index < -0.39 is 0 Å². The zero-order valence-corrected chi connectivity index (χ0v) is 5.41. The van der Waals surface area contributed by atoms with Crippen molar-refractivity contribution in [3.05, 3.63) is 10.3 Å². The molecule has 1 aromatic heterocycles. The van der Waals surface area contributed by atoms with Gasteiger partial charge in [-0.15, -0.1) is 0 Å². The second-order valence-electron chi connectivity index (χ2n) is 1.12. The first-order chi connectivity index (χ1) is 3.83. The van der Waals surface area contributed by atoms with Gasteiger partial charge in [0.1, 0.15) is 6.61 Å². The van der Waals surface area contributed by atoms with E-state index in [4.69, 9.17) is 16.7 Å². The first-order valence-electron chi connectivity index (χ1n) is 1.92. The molecule has 0 bridgehead atoms. The van der Waals surface area contributed by atoms with E-state index in [9.17, 15) is 0 Å². The molecule has 8 heavy (non-hydrogen) atoms. The summed E-state index contributed by atoms with van der Waals surface area (Å²) >= 11 is 6.45. The van der Waals surface area contributed by atoms with E-state index >= 15 is 0 Å². The van der Waals surface area contributed by atoms with E-state index in [2.05, 4.69) is 9.36 Å². The first kappa shape index (κ1) is 5.94. The van der Waals surface area contributed by atoms with Crippen molar-refractivity contribution in [1.82, 2.24) is 9.36 Å². The van der Waals surface area contributed by atoms with Crippen LogP contribution in [0.1, 0.15) is 5.82 Å². The maximum atomic E-state index is 8.37. The van der Waals surface area contributed by atoms with Crippen LogP contribution in [0.25, 0.3) is 0 Å². The number of rotatable bonds is 1. The average Bonchev–Trinajstić information content (AvgIpc) is 2.14. The molecule has 0 saturated carbocycles. The Morgan fingerprint density at radius 3 is 2.75 bits per heavy atom. The van der Waals surface area contributed by atoms with Crippen LogP contribution in [0.2, 0.25) is 4.47 Å². The van der Waals surface area contributed by atoms with Crippen molar-refractivity contribution >= 4 is 23.1 Å². The lowest BCUT2D eigenvalue weighted by molar-refractivity contribution is 0.273. The van der Waals surface area contributed by atoms with E-state index in [0.717, 1.165) is 11.5 Å². The maximum absolute atomic E-state index is 8.37. The van der Waals surface area contributed by atoms with E-state index in [0.29, 0.717) is 10.3 Å². The minimum atomic E-state index is -0.136. The van der Waals surface area contributed by atoms with Crippen molar-refractivity contribution in [2.75, 3.05) is 0 Å². The summed E-state index contributed by atoms with van der Waals surface area (Å²) in [5, 5.41) is 8.37. The number of aliphatic hydroxyl groups excluding tert-OH is 1. The molecule has 0 radical (unpaired) electrons. The lowest BCUT2D eigenvalue weighted by atomic mass is 10.7. The summed E-state index contributed by atoms with van der Waals surface area (Å²) in [7, 11) is 0. The second kappa shape index (κ2) is 2.39. The highest BCUT2D eigenvalue weighted by atomic mass is 35.5. The number of hydrogen-bond acceptors (Lipinski definition) is 4. The van der Waals surface area contributed by atoms with Gasteiger partial charge in [0, 0.05) is 0 Å². The molecular weight excluding hydrogens is 148 g/mol. The standard InChI is InChI=1S/C3H3ClN2OS/c4-3-5-2(1-7)6-8-3/h7H,1H2. The fourth-order valence-corrected chi connectivity index (χ4v) is 0.923. The Morgan fingerprint density at radius 2 is 2.50 bits per heavy atom. The van der Waals surface area contributed by atoms with Crippen LogP contribution in [0.3, 0.4) is 0 Å². The maximum Gasteiger partial charge on any atom is 0.203 e. The molecular formula is C3H3ClN2OS. The zero-order valence-electron chi connectivity index (χ0n) is 3.83. The summed E-state index contributed by atoms with van der Waals surface area (Å²) in [5.41, 5.74) is 0. The highest BCUT2D eigenvalue weighted by Gasteiger charge is 1.96. The fraction of sp³-hybridized carbons (Fsp3) is 0.333. The van der Waals surface area contributed by atoms with Crippen LogP contribution in [-0.4, -0.2) is 14.5 Å². The molecule has 0 aromatic carbocycles. The van der Waals surface area contributed by atoms with Crippen molar-refractivity contribution in [2.45, 2.75) is 6.61 Å². The van der Waals surface area contributed by atoms with Crippen molar-refractivity contribution in [3.8, 4) is 0 Å². The number of halogens is 1. The van der Waals surface area contributed by atoms with Gasteiger partial charge in [-0.3, -0.25) is 0 Å². The third-order valence-corrected chi connectivity index (χ3v) is 1.42. The molecule has 1 heterocycles. The number of aromatic nitrogens is 2. The minimum absolute atomic E-state index is 0.136. The molecule has 0 fully saturated rings. The smallest absolute Gasteiger partial charge is 0.203 e. The van der Waals surface area contributed by atoms with E-state index in [1.54, 1.807) is 0 Å². The molecule has 0 unspecified atom stereocenters. The van der Waals surface area contributed by atoms with Gasteiger partial charge in [0.15, 0.2) is 5.82 Å². The summed E-state index contributed by atoms with van der Waals surface area (Å²) < 4.78 is 4.05. The highest BCUT2D eigenvalue weighted by molar-refractivity contribution is 7.10. The quantitative estimate of drug-likeness (QED) is 0.641. The molecule has 1 rings (SSSR count). The molecule has 0 amide bonds. The predicted molar refractivity (Wildman–Crippen MR) is 30.8 cm³/mol. The molecule has 44 valence electrons. The summed E-state index contributed by atoms with van der Waals surface area (Å²) in [6.07, 6.45) is 0. The van der Waals surface area contributed by atoms with Gasteiger partial charge in [-0.2, -0.15) is 4.37 Å². The Bertz CT molecular complexity index is 178. The molecule has 3 nitrogen and oxygen atoms in total.